The number of rotatable bonds is 6. The Labute approximate surface area is 110 Å². The summed E-state index contributed by atoms with van der Waals surface area (Å²) in [5.41, 5.74) is 0.826. The van der Waals surface area contributed by atoms with Gasteiger partial charge in [-0.05, 0) is 17.9 Å². The molecule has 0 radical (unpaired) electrons. The minimum atomic E-state index is -0.448. The van der Waals surface area contributed by atoms with E-state index in [1.165, 1.54) is 18.9 Å². The van der Waals surface area contributed by atoms with Crippen LogP contribution in [0.4, 0.5) is 0 Å². The van der Waals surface area contributed by atoms with Crippen LogP contribution in [-0.4, -0.2) is 30.8 Å². The Morgan fingerprint density at radius 1 is 1.50 bits per heavy atom. The van der Waals surface area contributed by atoms with E-state index in [1.54, 1.807) is 0 Å². The zero-order valence-electron chi connectivity index (χ0n) is 10.3. The van der Waals surface area contributed by atoms with Crippen molar-refractivity contribution >= 4 is 17.7 Å². The Morgan fingerprint density at radius 2 is 2.17 bits per heavy atom. The molecule has 0 spiro atoms. The average Bonchev–Trinajstić information content (AvgIpc) is 2.37. The fourth-order valence-electron chi connectivity index (χ4n) is 1.74. The van der Waals surface area contributed by atoms with Crippen molar-refractivity contribution in [2.45, 2.75) is 17.2 Å². The molecule has 0 saturated heterocycles. The maximum Gasteiger partial charge on any atom is 0.306 e. The first kappa shape index (κ1) is 14.5. The molecule has 0 heterocycles. The van der Waals surface area contributed by atoms with Crippen LogP contribution in [0, 0.1) is 10.1 Å². The van der Waals surface area contributed by atoms with Crippen LogP contribution in [0.2, 0.25) is 0 Å². The van der Waals surface area contributed by atoms with Crippen molar-refractivity contribution in [2.24, 2.45) is 0 Å². The summed E-state index contributed by atoms with van der Waals surface area (Å²) in [5, 5.41) is 10.7. The molecule has 0 aromatic heterocycles. The van der Waals surface area contributed by atoms with Gasteiger partial charge in [0.15, 0.2) is 0 Å². The van der Waals surface area contributed by atoms with Crippen LogP contribution in [0.3, 0.4) is 0 Å². The van der Waals surface area contributed by atoms with Crippen LogP contribution in [0.15, 0.2) is 29.2 Å². The summed E-state index contributed by atoms with van der Waals surface area (Å²) in [6.07, 6.45) is 1.93. The SMILES string of the molecule is COC(=O)CC(C[N+](=O)[O-])c1ccccc1SC. The number of carbonyl (C=O) groups is 1. The molecule has 1 unspecified atom stereocenters. The Kier molecular flexibility index (Phi) is 5.64. The first-order chi connectivity index (χ1) is 8.58. The Hall–Kier alpha value is -1.56. The highest BCUT2D eigenvalue weighted by molar-refractivity contribution is 7.98. The maximum atomic E-state index is 11.3. The van der Waals surface area contributed by atoms with Crippen molar-refractivity contribution in [1.29, 1.82) is 0 Å². The summed E-state index contributed by atoms with van der Waals surface area (Å²) < 4.78 is 4.59. The molecule has 0 aliphatic rings. The van der Waals surface area contributed by atoms with Crippen molar-refractivity contribution in [2.75, 3.05) is 19.9 Å². The van der Waals surface area contributed by atoms with Gasteiger partial charge in [0.05, 0.1) is 19.4 Å². The highest BCUT2D eigenvalue weighted by atomic mass is 32.2. The second-order valence-electron chi connectivity index (χ2n) is 3.73. The molecule has 1 aromatic carbocycles. The number of methoxy groups -OCH3 is 1. The Bertz CT molecular complexity index is 436. The van der Waals surface area contributed by atoms with E-state index in [0.717, 1.165) is 10.5 Å². The Morgan fingerprint density at radius 3 is 2.72 bits per heavy atom. The molecule has 1 atom stereocenters. The molecule has 0 amide bonds. The molecule has 0 aliphatic heterocycles. The van der Waals surface area contributed by atoms with Gasteiger partial charge in [0, 0.05) is 9.82 Å². The summed E-state index contributed by atoms with van der Waals surface area (Å²) in [6, 6.07) is 7.41. The van der Waals surface area contributed by atoms with E-state index in [1.807, 2.05) is 30.5 Å². The number of carbonyl (C=O) groups excluding carboxylic acids is 1. The summed E-state index contributed by atoms with van der Waals surface area (Å²) in [7, 11) is 1.28. The monoisotopic (exact) mass is 269 g/mol. The lowest BCUT2D eigenvalue weighted by Crippen LogP contribution is -2.17. The van der Waals surface area contributed by atoms with Crippen LogP contribution >= 0.6 is 11.8 Å². The quantitative estimate of drug-likeness (QED) is 0.343. The fourth-order valence-corrected chi connectivity index (χ4v) is 2.43. The van der Waals surface area contributed by atoms with Gasteiger partial charge in [-0.1, -0.05) is 18.2 Å². The summed E-state index contributed by atoms with van der Waals surface area (Å²) in [5.74, 6) is -0.881. The normalized spacial score (nSPS) is 11.9. The number of esters is 1. The number of nitro groups is 1. The topological polar surface area (TPSA) is 69.4 Å². The van der Waals surface area contributed by atoms with Gasteiger partial charge in [-0.15, -0.1) is 11.8 Å². The largest absolute Gasteiger partial charge is 0.469 e. The molecule has 1 aromatic rings. The van der Waals surface area contributed by atoms with Gasteiger partial charge in [0.25, 0.3) is 0 Å². The molecule has 6 heteroatoms. The number of benzene rings is 1. The number of thioether (sulfide) groups is 1. The number of ether oxygens (including phenoxy) is 1. The minimum Gasteiger partial charge on any atom is -0.469 e. The van der Waals surface area contributed by atoms with Crippen LogP contribution in [0.5, 0.6) is 0 Å². The second-order valence-corrected chi connectivity index (χ2v) is 4.58. The molecular weight excluding hydrogens is 254 g/mol. The molecule has 18 heavy (non-hydrogen) atoms. The molecular formula is C12H15NO4S. The lowest BCUT2D eigenvalue weighted by atomic mass is 9.96. The molecule has 5 nitrogen and oxygen atoms in total. The predicted octanol–water partition coefficient (Wildman–Crippen LogP) is 2.33. The minimum absolute atomic E-state index is 0.0229. The summed E-state index contributed by atoms with van der Waals surface area (Å²) in [6.45, 7) is -0.271. The smallest absolute Gasteiger partial charge is 0.306 e. The van der Waals surface area contributed by atoms with Gasteiger partial charge in [-0.2, -0.15) is 0 Å². The van der Waals surface area contributed by atoms with Crippen LogP contribution in [0.25, 0.3) is 0 Å². The molecule has 1 rings (SSSR count). The lowest BCUT2D eigenvalue weighted by Gasteiger charge is -2.15. The van der Waals surface area contributed by atoms with Crippen molar-refractivity contribution < 1.29 is 14.5 Å². The lowest BCUT2D eigenvalue weighted by molar-refractivity contribution is -0.483. The van der Waals surface area contributed by atoms with E-state index in [2.05, 4.69) is 4.74 Å². The van der Waals surface area contributed by atoms with Gasteiger partial charge in [-0.25, -0.2) is 0 Å². The third kappa shape index (κ3) is 4.03. The van der Waals surface area contributed by atoms with Gasteiger partial charge in [0.2, 0.25) is 6.54 Å². The molecule has 0 bridgehead atoms. The third-order valence-corrected chi connectivity index (χ3v) is 3.40. The highest BCUT2D eigenvalue weighted by Crippen LogP contribution is 2.29. The molecule has 0 fully saturated rings. The van der Waals surface area contributed by atoms with Crippen molar-refractivity contribution in [3.05, 3.63) is 39.9 Å². The van der Waals surface area contributed by atoms with E-state index in [4.69, 9.17) is 0 Å². The van der Waals surface area contributed by atoms with Crippen LogP contribution in [0.1, 0.15) is 17.9 Å². The zero-order chi connectivity index (χ0) is 13.5. The summed E-state index contributed by atoms with van der Waals surface area (Å²) in [4.78, 5) is 22.6. The van der Waals surface area contributed by atoms with Crippen molar-refractivity contribution in [3.8, 4) is 0 Å². The fraction of sp³-hybridized carbons (Fsp3) is 0.417. The third-order valence-electron chi connectivity index (χ3n) is 2.59. The number of hydrogen-bond donors (Lipinski definition) is 0. The van der Waals surface area contributed by atoms with Gasteiger partial charge in [-0.3, -0.25) is 14.9 Å². The van der Waals surface area contributed by atoms with E-state index < -0.39 is 16.8 Å². The Balaban J connectivity index is 3.00. The van der Waals surface area contributed by atoms with E-state index in [0.29, 0.717) is 0 Å². The first-order valence-corrected chi connectivity index (χ1v) is 6.62. The highest BCUT2D eigenvalue weighted by Gasteiger charge is 2.23. The second kappa shape index (κ2) is 7.00. The zero-order valence-corrected chi connectivity index (χ0v) is 11.1. The number of hydrogen-bond acceptors (Lipinski definition) is 5. The van der Waals surface area contributed by atoms with E-state index >= 15 is 0 Å². The summed E-state index contributed by atoms with van der Waals surface area (Å²) >= 11 is 1.51. The first-order valence-electron chi connectivity index (χ1n) is 5.40. The van der Waals surface area contributed by atoms with E-state index in [9.17, 15) is 14.9 Å². The van der Waals surface area contributed by atoms with Crippen LogP contribution < -0.4 is 0 Å². The van der Waals surface area contributed by atoms with Gasteiger partial charge < -0.3 is 4.74 Å². The van der Waals surface area contributed by atoms with Gasteiger partial charge in [0.1, 0.15) is 0 Å². The molecule has 0 aliphatic carbocycles. The molecule has 0 saturated carbocycles. The van der Waals surface area contributed by atoms with Crippen molar-refractivity contribution in [3.63, 3.8) is 0 Å². The van der Waals surface area contributed by atoms with Crippen molar-refractivity contribution in [1.82, 2.24) is 0 Å². The van der Waals surface area contributed by atoms with Crippen LogP contribution in [-0.2, 0) is 9.53 Å². The van der Waals surface area contributed by atoms with Gasteiger partial charge >= 0.3 is 5.97 Å². The average molecular weight is 269 g/mol. The predicted molar refractivity (Wildman–Crippen MR) is 69.5 cm³/mol. The maximum absolute atomic E-state index is 11.3. The number of nitrogens with zero attached hydrogens (tertiary/aromatic N) is 1. The van der Waals surface area contributed by atoms with E-state index in [-0.39, 0.29) is 13.0 Å². The molecule has 0 N–H and O–H groups in total. The molecule has 98 valence electrons. The standard InChI is InChI=1S/C12H15NO4S/c1-17-12(14)7-9(8-13(15)16)10-5-3-4-6-11(10)18-2/h3-6,9H,7-8H2,1-2H3.